The maximum atomic E-state index is 16.0. The molecule has 6 atom stereocenters. The molecule has 1 saturated heterocycles. The third-order valence-corrected chi connectivity index (χ3v) is 7.89. The van der Waals surface area contributed by atoms with Crippen LogP contribution in [0.5, 0.6) is 5.75 Å². The Labute approximate surface area is 242 Å². The number of hydrogen-bond donors (Lipinski definition) is 4. The number of nitrogens with two attached hydrogens (primary N) is 1. The number of anilines is 2. The number of ether oxygens (including phenoxy) is 2. The second-order valence-electron chi connectivity index (χ2n) is 9.78. The molecule has 0 radical (unpaired) electrons. The first-order valence-electron chi connectivity index (χ1n) is 12.8. The number of nitrogens with one attached hydrogen (secondary N) is 2. The van der Waals surface area contributed by atoms with Crippen molar-refractivity contribution in [2.75, 3.05) is 24.7 Å². The minimum absolute atomic E-state index is 0.00570. The van der Waals surface area contributed by atoms with Crippen LogP contribution in [0.25, 0.3) is 11.2 Å². The predicted octanol–water partition coefficient (Wildman–Crippen LogP) is 3.11. The number of alkyl halides is 4. The molecule has 0 bridgehead atoms. The van der Waals surface area contributed by atoms with Gasteiger partial charge >= 0.3 is 19.9 Å². The molecule has 4 rings (SSSR count). The van der Waals surface area contributed by atoms with E-state index in [9.17, 15) is 27.6 Å². The van der Waals surface area contributed by atoms with E-state index in [1.54, 1.807) is 19.9 Å². The molecule has 1 aliphatic heterocycles. The summed E-state index contributed by atoms with van der Waals surface area (Å²) >= 11 is 0. The molecule has 1 aliphatic rings. The number of hydrogen-bond acceptors (Lipinski definition) is 12. The summed E-state index contributed by atoms with van der Waals surface area (Å²) in [4.78, 5) is 24.1. The summed E-state index contributed by atoms with van der Waals surface area (Å²) in [6.45, 7) is 3.39. The molecular formula is C24H30F4N7O7P. The van der Waals surface area contributed by atoms with Crippen LogP contribution >= 0.6 is 7.75 Å². The first kappa shape index (κ1) is 32.3. The molecule has 0 saturated carbocycles. The van der Waals surface area contributed by atoms with E-state index in [4.69, 9.17) is 24.3 Å². The molecule has 2 aromatic heterocycles. The number of para-hydroxylation sites is 1. The molecule has 19 heteroatoms. The molecule has 0 spiro atoms. The summed E-state index contributed by atoms with van der Waals surface area (Å²) in [6, 6.07) is 6.23. The first-order valence-corrected chi connectivity index (χ1v) is 14.4. The molecule has 236 valence electrons. The lowest BCUT2D eigenvalue weighted by molar-refractivity contribution is -0.273. The number of aromatic nitrogens is 4. The largest absolute Gasteiger partial charge is 0.462 e. The lowest BCUT2D eigenvalue weighted by Gasteiger charge is -2.31. The van der Waals surface area contributed by atoms with E-state index in [2.05, 4.69) is 25.4 Å². The third kappa shape index (κ3) is 6.52. The van der Waals surface area contributed by atoms with Gasteiger partial charge in [0.25, 0.3) is 5.67 Å². The van der Waals surface area contributed by atoms with E-state index < -0.39 is 62.7 Å². The Balaban J connectivity index is 1.65. The van der Waals surface area contributed by atoms with Crippen LogP contribution in [0, 0.1) is 0 Å². The number of nitrogen functional groups attached to an aromatic ring is 1. The molecule has 0 aliphatic carbocycles. The quantitative estimate of drug-likeness (QED) is 0.137. The number of halogens is 4. The fourth-order valence-electron chi connectivity index (χ4n) is 4.25. The number of rotatable bonds is 11. The number of fused-ring (bicyclic) bond motifs is 1. The SMILES string of the molecule is CNc1nc(N)nc2c1ncn2[C@@H]1O[C@H](CO[P@](=O)(NC(C)C(=O)OC(C)C)Oc2ccccc2)[C@@H](O)[C@]1(F)C(F)(F)F. The third-order valence-electron chi connectivity index (χ3n) is 6.24. The highest BCUT2D eigenvalue weighted by Crippen LogP contribution is 2.53. The highest BCUT2D eigenvalue weighted by atomic mass is 31.2. The molecule has 3 aromatic rings. The van der Waals surface area contributed by atoms with Crippen molar-refractivity contribution in [2.24, 2.45) is 0 Å². The Morgan fingerprint density at radius 1 is 1.26 bits per heavy atom. The summed E-state index contributed by atoms with van der Waals surface area (Å²) < 4.78 is 94.4. The Bertz CT molecular complexity index is 1500. The van der Waals surface area contributed by atoms with E-state index in [-0.39, 0.29) is 28.7 Å². The molecule has 1 unspecified atom stereocenters. The van der Waals surface area contributed by atoms with Gasteiger partial charge in [0.05, 0.1) is 19.0 Å². The molecule has 5 N–H and O–H groups in total. The minimum Gasteiger partial charge on any atom is -0.462 e. The van der Waals surface area contributed by atoms with Gasteiger partial charge in [-0.3, -0.25) is 13.9 Å². The lowest BCUT2D eigenvalue weighted by Crippen LogP contribution is -2.54. The van der Waals surface area contributed by atoms with Crippen LogP contribution in [0.3, 0.4) is 0 Å². The summed E-state index contributed by atoms with van der Waals surface area (Å²) in [6.07, 6.45) is -12.9. The topological polar surface area (TPSA) is 185 Å². The fourth-order valence-corrected chi connectivity index (χ4v) is 5.75. The van der Waals surface area contributed by atoms with E-state index in [1.807, 2.05) is 0 Å². The molecular weight excluding hydrogens is 605 g/mol. The number of esters is 1. The second-order valence-corrected chi connectivity index (χ2v) is 11.5. The van der Waals surface area contributed by atoms with E-state index >= 15 is 4.39 Å². The monoisotopic (exact) mass is 635 g/mol. The standard InChI is InChI=1S/C24H30F4N7O7P/c1-12(2)40-20(37)13(3)34-43(38,42-14-8-6-5-7-9-14)39-10-15-17(36)23(25,24(26,27)28)21(41-15)35-11-31-16-18(30-4)32-22(29)33-19(16)35/h5-9,11-13,15,17,21,36H,10H2,1-4H3,(H,34,38)(H3,29,30,32,33)/t13?,15-,17-,21-,23-,43-/m1/s1. The Kier molecular flexibility index (Phi) is 9.18. The number of benzene rings is 1. The van der Waals surface area contributed by atoms with Gasteiger partial charge in [0.1, 0.15) is 24.0 Å². The van der Waals surface area contributed by atoms with Crippen molar-refractivity contribution in [1.82, 2.24) is 24.6 Å². The van der Waals surface area contributed by atoms with Crippen LogP contribution < -0.4 is 20.7 Å². The van der Waals surface area contributed by atoms with E-state index in [0.29, 0.717) is 4.57 Å². The smallest absolute Gasteiger partial charge is 0.459 e. The normalized spacial score (nSPS) is 24.6. The minimum atomic E-state index is -5.68. The Morgan fingerprint density at radius 3 is 2.53 bits per heavy atom. The van der Waals surface area contributed by atoms with E-state index in [0.717, 1.165) is 6.33 Å². The maximum Gasteiger partial charge on any atom is 0.459 e. The van der Waals surface area contributed by atoms with Crippen molar-refractivity contribution in [1.29, 1.82) is 0 Å². The van der Waals surface area contributed by atoms with Crippen molar-refractivity contribution >= 4 is 36.6 Å². The van der Waals surface area contributed by atoms with Gasteiger partial charge < -0.3 is 30.2 Å². The van der Waals surface area contributed by atoms with Gasteiger partial charge in [0, 0.05) is 7.05 Å². The van der Waals surface area contributed by atoms with Gasteiger partial charge in [-0.2, -0.15) is 28.2 Å². The number of aliphatic hydroxyl groups excluding tert-OH is 1. The number of aliphatic hydroxyl groups is 1. The van der Waals surface area contributed by atoms with Gasteiger partial charge in [-0.25, -0.2) is 13.9 Å². The van der Waals surface area contributed by atoms with Crippen LogP contribution in [-0.2, 0) is 23.4 Å². The summed E-state index contributed by atoms with van der Waals surface area (Å²) in [5, 5.41) is 15.7. The lowest BCUT2D eigenvalue weighted by atomic mass is 9.95. The molecule has 1 aromatic carbocycles. The average Bonchev–Trinajstić information content (AvgIpc) is 3.45. The average molecular weight is 636 g/mol. The maximum absolute atomic E-state index is 16.0. The highest BCUT2D eigenvalue weighted by molar-refractivity contribution is 7.52. The van der Waals surface area contributed by atoms with Crippen LogP contribution in [0.15, 0.2) is 36.7 Å². The zero-order valence-electron chi connectivity index (χ0n) is 23.3. The molecule has 14 nitrogen and oxygen atoms in total. The number of imidazole rings is 1. The summed E-state index contributed by atoms with van der Waals surface area (Å²) in [5.41, 5.74) is 0.881. The van der Waals surface area contributed by atoms with Crippen LogP contribution in [-0.4, -0.2) is 80.4 Å². The molecule has 0 amide bonds. The highest BCUT2D eigenvalue weighted by Gasteiger charge is 2.73. The molecule has 3 heterocycles. The van der Waals surface area contributed by atoms with Gasteiger partial charge in [-0.15, -0.1) is 0 Å². The van der Waals surface area contributed by atoms with Gasteiger partial charge in [0.15, 0.2) is 23.2 Å². The first-order chi connectivity index (χ1) is 20.1. The summed E-state index contributed by atoms with van der Waals surface area (Å²) in [7, 11) is -3.15. The number of nitrogens with zero attached hydrogens (tertiary/aromatic N) is 4. The van der Waals surface area contributed by atoms with Crippen molar-refractivity contribution in [3.8, 4) is 5.75 Å². The Hall–Kier alpha value is -3.57. The summed E-state index contributed by atoms with van der Waals surface area (Å²) in [5.74, 6) is -1.14. The van der Waals surface area contributed by atoms with Gasteiger partial charge in [-0.1, -0.05) is 18.2 Å². The van der Waals surface area contributed by atoms with Crippen molar-refractivity contribution in [3.63, 3.8) is 0 Å². The van der Waals surface area contributed by atoms with E-state index in [1.165, 1.54) is 38.2 Å². The number of carbonyl (C=O) groups is 1. The predicted molar refractivity (Wildman–Crippen MR) is 144 cm³/mol. The number of carbonyl (C=O) groups excluding carboxylic acids is 1. The molecule has 1 fully saturated rings. The zero-order valence-corrected chi connectivity index (χ0v) is 24.2. The van der Waals surface area contributed by atoms with Crippen LogP contribution in [0.1, 0.15) is 27.0 Å². The van der Waals surface area contributed by atoms with Crippen molar-refractivity contribution < 1.29 is 50.5 Å². The van der Waals surface area contributed by atoms with Crippen LogP contribution in [0.4, 0.5) is 29.3 Å². The Morgan fingerprint density at radius 2 is 1.93 bits per heavy atom. The van der Waals surface area contributed by atoms with Gasteiger partial charge in [-0.05, 0) is 32.9 Å². The fraction of sp³-hybridized carbons (Fsp3) is 0.500. The molecule has 43 heavy (non-hydrogen) atoms. The van der Waals surface area contributed by atoms with Crippen LogP contribution in [0.2, 0.25) is 0 Å². The van der Waals surface area contributed by atoms with Crippen molar-refractivity contribution in [3.05, 3.63) is 36.7 Å². The second kappa shape index (κ2) is 12.2. The zero-order chi connectivity index (χ0) is 31.7. The van der Waals surface area contributed by atoms with Crippen molar-refractivity contribution in [2.45, 2.75) is 63.2 Å². The van der Waals surface area contributed by atoms with Gasteiger partial charge in [0.2, 0.25) is 5.95 Å².